The van der Waals surface area contributed by atoms with Gasteiger partial charge in [-0.2, -0.15) is 0 Å². The lowest BCUT2D eigenvalue weighted by Gasteiger charge is -2.60. The summed E-state index contributed by atoms with van der Waals surface area (Å²) in [4.78, 5) is 17.4. The lowest BCUT2D eigenvalue weighted by Crippen LogP contribution is -2.68. The first-order valence-corrected chi connectivity index (χ1v) is 13.7. The molecule has 0 amide bonds. The van der Waals surface area contributed by atoms with Crippen molar-refractivity contribution >= 4 is 12.0 Å². The Balaban J connectivity index is 1.42. The number of fused-ring (bicyclic) bond motifs is 1. The molecule has 2 aromatic rings. The second kappa shape index (κ2) is 10.5. The molecule has 3 unspecified atom stereocenters. The standard InChI is InChI=1S/C31H40N2O4/c1-23(34)37-31-14-13-27(32(2)16-5-7-24-6-3-9-28(35)18-24)20-30(31,26-8-4-10-29(36)19-26)15-17-33(22-31)21-25-11-12-25/h3-10,18-19,25,27,35-36H,11-17,20-22H2,1-2H3/b7-5+. The average Bonchev–Trinajstić information content (AvgIpc) is 3.67. The van der Waals surface area contributed by atoms with Crippen LogP contribution >= 0.6 is 0 Å². The summed E-state index contributed by atoms with van der Waals surface area (Å²) in [6.07, 6.45) is 10.3. The van der Waals surface area contributed by atoms with Gasteiger partial charge in [-0.05, 0) is 93.4 Å². The number of likely N-dealkylation sites (N-methyl/N-ethyl adjacent to an activating group) is 1. The molecule has 0 radical (unpaired) electrons. The molecule has 2 aromatic carbocycles. The number of benzene rings is 2. The maximum atomic E-state index is 12.5. The van der Waals surface area contributed by atoms with E-state index >= 15 is 0 Å². The van der Waals surface area contributed by atoms with Crippen LogP contribution in [-0.2, 0) is 14.9 Å². The molecule has 2 saturated carbocycles. The summed E-state index contributed by atoms with van der Waals surface area (Å²) in [6.45, 7) is 5.13. The summed E-state index contributed by atoms with van der Waals surface area (Å²) in [6, 6.07) is 15.2. The van der Waals surface area contributed by atoms with Gasteiger partial charge in [0.1, 0.15) is 17.1 Å². The number of carbonyl (C=O) groups excluding carboxylic acids is 1. The van der Waals surface area contributed by atoms with E-state index in [2.05, 4.69) is 29.0 Å². The molecule has 0 bridgehead atoms. The summed E-state index contributed by atoms with van der Waals surface area (Å²) >= 11 is 0. The third-order valence-electron chi connectivity index (χ3n) is 8.82. The molecule has 0 aromatic heterocycles. The Hall–Kier alpha value is -2.83. The van der Waals surface area contributed by atoms with E-state index < -0.39 is 5.60 Å². The minimum absolute atomic E-state index is 0.223. The van der Waals surface area contributed by atoms with Crippen LogP contribution in [0.25, 0.3) is 6.08 Å². The van der Waals surface area contributed by atoms with Crippen LogP contribution in [0.3, 0.4) is 0 Å². The second-order valence-corrected chi connectivity index (χ2v) is 11.5. The van der Waals surface area contributed by atoms with Crippen LogP contribution in [0.15, 0.2) is 54.6 Å². The monoisotopic (exact) mass is 504 g/mol. The number of carbonyl (C=O) groups is 1. The number of phenolic OH excluding ortho intramolecular Hbond substituents is 2. The number of piperidine rings is 1. The highest BCUT2D eigenvalue weighted by molar-refractivity contribution is 5.67. The Morgan fingerprint density at radius 1 is 1.11 bits per heavy atom. The molecule has 6 heteroatoms. The van der Waals surface area contributed by atoms with Gasteiger partial charge in [0.2, 0.25) is 0 Å². The van der Waals surface area contributed by atoms with Crippen LogP contribution in [0.1, 0.15) is 56.6 Å². The van der Waals surface area contributed by atoms with Crippen molar-refractivity contribution < 1.29 is 19.7 Å². The zero-order valence-corrected chi connectivity index (χ0v) is 22.1. The highest BCUT2D eigenvalue weighted by Crippen LogP contribution is 2.55. The number of hydrogen-bond donors (Lipinski definition) is 2. The van der Waals surface area contributed by atoms with Gasteiger partial charge in [0.25, 0.3) is 0 Å². The Labute approximate surface area is 220 Å². The van der Waals surface area contributed by atoms with Crippen LogP contribution in [-0.4, -0.2) is 70.9 Å². The fourth-order valence-corrected chi connectivity index (χ4v) is 6.79. The minimum Gasteiger partial charge on any atom is -0.508 e. The Kier molecular flexibility index (Phi) is 7.32. The number of aromatic hydroxyl groups is 2. The first-order valence-electron chi connectivity index (χ1n) is 13.7. The number of phenols is 2. The number of esters is 1. The van der Waals surface area contributed by atoms with Crippen LogP contribution in [0.4, 0.5) is 0 Å². The van der Waals surface area contributed by atoms with Crippen molar-refractivity contribution in [1.82, 2.24) is 9.80 Å². The van der Waals surface area contributed by atoms with Crippen molar-refractivity contribution in [3.8, 4) is 11.5 Å². The molecule has 6 nitrogen and oxygen atoms in total. The molecule has 3 atom stereocenters. The number of rotatable bonds is 8. The lowest BCUT2D eigenvalue weighted by molar-refractivity contribution is -0.189. The van der Waals surface area contributed by atoms with Crippen molar-refractivity contribution in [2.75, 3.05) is 33.2 Å². The first-order chi connectivity index (χ1) is 17.8. The van der Waals surface area contributed by atoms with Gasteiger partial charge in [-0.3, -0.25) is 14.6 Å². The van der Waals surface area contributed by atoms with Gasteiger partial charge in [0.15, 0.2) is 0 Å². The normalized spacial score (nSPS) is 28.4. The largest absolute Gasteiger partial charge is 0.508 e. The highest BCUT2D eigenvalue weighted by Gasteiger charge is 2.61. The van der Waals surface area contributed by atoms with Gasteiger partial charge in [0, 0.05) is 38.0 Å². The molecule has 1 heterocycles. The van der Waals surface area contributed by atoms with Crippen LogP contribution in [0, 0.1) is 5.92 Å². The lowest BCUT2D eigenvalue weighted by atomic mass is 9.55. The molecular weight excluding hydrogens is 464 g/mol. The highest BCUT2D eigenvalue weighted by atomic mass is 16.6. The molecule has 3 aliphatic rings. The Morgan fingerprint density at radius 3 is 2.57 bits per heavy atom. The SMILES string of the molecule is CC(=O)OC12CCC(N(C)C/C=C/c3cccc(O)c3)CC1(c1cccc(O)c1)CCN(CC1CC1)C2. The van der Waals surface area contributed by atoms with Crippen molar-refractivity contribution in [3.63, 3.8) is 0 Å². The number of hydrogen-bond acceptors (Lipinski definition) is 6. The average molecular weight is 505 g/mol. The van der Waals surface area contributed by atoms with E-state index in [0.29, 0.717) is 6.04 Å². The van der Waals surface area contributed by atoms with Crippen LogP contribution < -0.4 is 0 Å². The molecule has 198 valence electrons. The van der Waals surface area contributed by atoms with Crippen molar-refractivity contribution in [1.29, 1.82) is 0 Å². The van der Waals surface area contributed by atoms with E-state index in [9.17, 15) is 15.0 Å². The van der Waals surface area contributed by atoms with Gasteiger partial charge in [-0.15, -0.1) is 0 Å². The van der Waals surface area contributed by atoms with E-state index in [1.807, 2.05) is 30.3 Å². The first kappa shape index (κ1) is 25.8. The molecule has 0 spiro atoms. The predicted molar refractivity (Wildman–Crippen MR) is 145 cm³/mol. The third kappa shape index (κ3) is 5.55. The van der Waals surface area contributed by atoms with Gasteiger partial charge in [-0.25, -0.2) is 0 Å². The number of ether oxygens (including phenoxy) is 1. The van der Waals surface area contributed by atoms with Gasteiger partial charge < -0.3 is 14.9 Å². The predicted octanol–water partition coefficient (Wildman–Crippen LogP) is 4.95. The molecule has 1 saturated heterocycles. The summed E-state index contributed by atoms with van der Waals surface area (Å²) in [5.74, 6) is 1.08. The van der Waals surface area contributed by atoms with Gasteiger partial charge >= 0.3 is 5.97 Å². The molecule has 2 N–H and O–H groups in total. The fraction of sp³-hybridized carbons (Fsp3) is 0.516. The van der Waals surface area contributed by atoms with E-state index in [-0.39, 0.29) is 22.9 Å². The second-order valence-electron chi connectivity index (χ2n) is 11.5. The zero-order chi connectivity index (χ0) is 26.0. The smallest absolute Gasteiger partial charge is 0.303 e. The Bertz CT molecular complexity index is 1150. The van der Waals surface area contributed by atoms with E-state index in [0.717, 1.165) is 68.9 Å². The quantitative estimate of drug-likeness (QED) is 0.496. The summed E-state index contributed by atoms with van der Waals surface area (Å²) in [5, 5.41) is 20.2. The molecule has 1 aliphatic heterocycles. The van der Waals surface area contributed by atoms with Gasteiger partial charge in [-0.1, -0.05) is 36.4 Å². The van der Waals surface area contributed by atoms with Crippen molar-refractivity contribution in [2.45, 2.75) is 62.5 Å². The molecule has 2 aliphatic carbocycles. The number of nitrogens with zero attached hydrogens (tertiary/aromatic N) is 2. The fourth-order valence-electron chi connectivity index (χ4n) is 6.79. The molecule has 5 rings (SSSR count). The zero-order valence-electron chi connectivity index (χ0n) is 22.1. The maximum Gasteiger partial charge on any atom is 0.303 e. The van der Waals surface area contributed by atoms with E-state index in [1.54, 1.807) is 18.2 Å². The van der Waals surface area contributed by atoms with Crippen molar-refractivity contribution in [3.05, 3.63) is 65.7 Å². The van der Waals surface area contributed by atoms with Crippen molar-refractivity contribution in [2.24, 2.45) is 5.92 Å². The molecule has 3 fully saturated rings. The topological polar surface area (TPSA) is 73.2 Å². The minimum atomic E-state index is -0.603. The van der Waals surface area contributed by atoms with Crippen LogP contribution in [0.2, 0.25) is 0 Å². The summed E-state index contributed by atoms with van der Waals surface area (Å²) in [5.41, 5.74) is 1.09. The van der Waals surface area contributed by atoms with E-state index in [4.69, 9.17) is 4.74 Å². The van der Waals surface area contributed by atoms with E-state index in [1.165, 1.54) is 19.8 Å². The molecular formula is C31H40N2O4. The summed E-state index contributed by atoms with van der Waals surface area (Å²) in [7, 11) is 2.16. The third-order valence-corrected chi connectivity index (χ3v) is 8.82. The Morgan fingerprint density at radius 2 is 1.86 bits per heavy atom. The van der Waals surface area contributed by atoms with Crippen LogP contribution in [0.5, 0.6) is 11.5 Å². The number of likely N-dealkylation sites (tertiary alicyclic amines) is 1. The van der Waals surface area contributed by atoms with Gasteiger partial charge in [0.05, 0.1) is 0 Å². The summed E-state index contributed by atoms with van der Waals surface area (Å²) < 4.78 is 6.37. The molecule has 37 heavy (non-hydrogen) atoms. The maximum absolute atomic E-state index is 12.5.